The summed E-state index contributed by atoms with van der Waals surface area (Å²) in [4.78, 5) is 40.7. The largest absolute Gasteiger partial charge is 0.444 e. The number of nitrogens with one attached hydrogen (secondary N) is 3. The van der Waals surface area contributed by atoms with Crippen molar-refractivity contribution in [1.82, 2.24) is 10.3 Å². The van der Waals surface area contributed by atoms with Crippen molar-refractivity contribution in [2.75, 3.05) is 17.2 Å². The van der Waals surface area contributed by atoms with Gasteiger partial charge in [0.1, 0.15) is 11.4 Å². The number of carbonyl (C=O) groups excluding carboxylic acids is 3. The van der Waals surface area contributed by atoms with Crippen molar-refractivity contribution in [2.45, 2.75) is 52.6 Å². The van der Waals surface area contributed by atoms with Crippen LogP contribution in [0.1, 0.15) is 56.0 Å². The Balaban J connectivity index is 1.81. The molecule has 8 heteroatoms. The first kappa shape index (κ1) is 23.9. The number of aryl methyl sites for hydroxylation is 1. The van der Waals surface area contributed by atoms with Crippen LogP contribution in [0.4, 0.5) is 16.3 Å². The van der Waals surface area contributed by atoms with Gasteiger partial charge in [-0.15, -0.1) is 0 Å². The molecule has 0 aliphatic rings. The molecule has 0 fully saturated rings. The van der Waals surface area contributed by atoms with Crippen LogP contribution >= 0.6 is 0 Å². The predicted molar refractivity (Wildman–Crippen MR) is 120 cm³/mol. The third-order valence-corrected chi connectivity index (χ3v) is 4.10. The zero-order valence-corrected chi connectivity index (χ0v) is 18.5. The van der Waals surface area contributed by atoms with E-state index in [4.69, 9.17) is 4.74 Å². The lowest BCUT2D eigenvalue weighted by Crippen LogP contribution is -2.33. The van der Waals surface area contributed by atoms with E-state index in [2.05, 4.69) is 20.9 Å². The fourth-order valence-corrected chi connectivity index (χ4v) is 2.64. The zero-order chi connectivity index (χ0) is 22.9. The van der Waals surface area contributed by atoms with Gasteiger partial charge in [0.15, 0.2) is 0 Å². The van der Waals surface area contributed by atoms with Crippen LogP contribution in [0.2, 0.25) is 0 Å². The minimum atomic E-state index is -0.542. The minimum Gasteiger partial charge on any atom is -0.444 e. The first-order valence-electron chi connectivity index (χ1n) is 10.2. The maximum atomic E-state index is 12.6. The van der Waals surface area contributed by atoms with Crippen LogP contribution in [0.15, 0.2) is 42.6 Å². The summed E-state index contributed by atoms with van der Waals surface area (Å²) < 4.78 is 5.16. The normalized spacial score (nSPS) is 10.8. The van der Waals surface area contributed by atoms with Gasteiger partial charge in [0.05, 0.1) is 11.3 Å². The Morgan fingerprint density at radius 2 is 1.74 bits per heavy atom. The molecule has 0 aliphatic heterocycles. The van der Waals surface area contributed by atoms with Crippen molar-refractivity contribution in [1.29, 1.82) is 0 Å². The van der Waals surface area contributed by atoms with Gasteiger partial charge in [-0.25, -0.2) is 9.78 Å². The molecular weight excluding hydrogens is 396 g/mol. The molecule has 3 amide bonds. The molecule has 2 rings (SSSR count). The number of ether oxygens (including phenoxy) is 1. The Morgan fingerprint density at radius 3 is 2.42 bits per heavy atom. The molecule has 166 valence electrons. The lowest BCUT2D eigenvalue weighted by molar-refractivity contribution is -0.116. The second kappa shape index (κ2) is 11.1. The standard InChI is InChI=1S/C23H30N4O4/c1-16-12-13-19(25-15-16)27-21(29)17-9-5-6-10-18(17)26-20(28)11-7-8-14-24-22(30)31-23(2,3)4/h5-6,9-10,12-13,15H,7-8,11,14H2,1-4H3,(H,24,30)(H,26,28)(H,25,27,29). The van der Waals surface area contributed by atoms with Gasteiger partial charge < -0.3 is 20.7 Å². The van der Waals surface area contributed by atoms with Crippen LogP contribution in [-0.4, -0.2) is 35.0 Å². The Hall–Kier alpha value is -3.42. The maximum absolute atomic E-state index is 12.6. The van der Waals surface area contributed by atoms with Gasteiger partial charge in [0.2, 0.25) is 5.91 Å². The number of anilines is 2. The predicted octanol–water partition coefficient (Wildman–Crippen LogP) is 4.28. The summed E-state index contributed by atoms with van der Waals surface area (Å²) in [6, 6.07) is 10.4. The first-order chi connectivity index (χ1) is 14.6. The van der Waals surface area contributed by atoms with E-state index < -0.39 is 11.7 Å². The topological polar surface area (TPSA) is 109 Å². The van der Waals surface area contributed by atoms with E-state index >= 15 is 0 Å². The number of hydrogen-bond acceptors (Lipinski definition) is 5. The number of carbonyl (C=O) groups is 3. The molecule has 1 aromatic carbocycles. The monoisotopic (exact) mass is 426 g/mol. The van der Waals surface area contributed by atoms with E-state index in [0.717, 1.165) is 5.56 Å². The summed E-state index contributed by atoms with van der Waals surface area (Å²) in [5.41, 5.74) is 1.24. The van der Waals surface area contributed by atoms with E-state index in [1.807, 2.05) is 13.0 Å². The third kappa shape index (κ3) is 8.86. The van der Waals surface area contributed by atoms with Crippen molar-refractivity contribution in [3.63, 3.8) is 0 Å². The Bertz CT molecular complexity index is 905. The molecule has 31 heavy (non-hydrogen) atoms. The van der Waals surface area contributed by atoms with Crippen LogP contribution in [0.25, 0.3) is 0 Å². The lowest BCUT2D eigenvalue weighted by Gasteiger charge is -2.19. The van der Waals surface area contributed by atoms with Gasteiger partial charge in [0.25, 0.3) is 5.91 Å². The molecule has 0 saturated heterocycles. The highest BCUT2D eigenvalue weighted by atomic mass is 16.6. The highest BCUT2D eigenvalue weighted by molar-refractivity contribution is 6.09. The molecule has 3 N–H and O–H groups in total. The maximum Gasteiger partial charge on any atom is 0.407 e. The third-order valence-electron chi connectivity index (χ3n) is 4.10. The number of nitrogens with zero attached hydrogens (tertiary/aromatic N) is 1. The number of alkyl carbamates (subject to hydrolysis) is 1. The van der Waals surface area contributed by atoms with Gasteiger partial charge in [-0.05, 0) is 64.3 Å². The average Bonchev–Trinajstić information content (AvgIpc) is 2.68. The summed E-state index contributed by atoms with van der Waals surface area (Å²) in [7, 11) is 0. The van der Waals surface area contributed by atoms with Crippen LogP contribution in [-0.2, 0) is 9.53 Å². The molecule has 0 unspecified atom stereocenters. The summed E-state index contributed by atoms with van der Waals surface area (Å²) in [6.45, 7) is 7.73. The second-order valence-corrected chi connectivity index (χ2v) is 8.15. The number of benzene rings is 1. The van der Waals surface area contributed by atoms with Gasteiger partial charge in [0, 0.05) is 19.2 Å². The van der Waals surface area contributed by atoms with Gasteiger partial charge in [-0.2, -0.15) is 0 Å². The van der Waals surface area contributed by atoms with Gasteiger partial charge >= 0.3 is 6.09 Å². The molecular formula is C23H30N4O4. The smallest absolute Gasteiger partial charge is 0.407 e. The lowest BCUT2D eigenvalue weighted by atomic mass is 10.1. The quantitative estimate of drug-likeness (QED) is 0.546. The molecule has 0 bridgehead atoms. The second-order valence-electron chi connectivity index (χ2n) is 8.15. The molecule has 0 aliphatic carbocycles. The van der Waals surface area contributed by atoms with Crippen molar-refractivity contribution in [3.05, 3.63) is 53.7 Å². The van der Waals surface area contributed by atoms with Crippen LogP contribution in [0.5, 0.6) is 0 Å². The van der Waals surface area contributed by atoms with Gasteiger partial charge in [-0.1, -0.05) is 18.2 Å². The number of rotatable bonds is 8. The molecule has 0 atom stereocenters. The fourth-order valence-electron chi connectivity index (χ4n) is 2.64. The van der Waals surface area contributed by atoms with E-state index in [1.165, 1.54) is 0 Å². The first-order valence-corrected chi connectivity index (χ1v) is 10.2. The van der Waals surface area contributed by atoms with Crippen LogP contribution in [0.3, 0.4) is 0 Å². The zero-order valence-electron chi connectivity index (χ0n) is 18.5. The summed E-state index contributed by atoms with van der Waals surface area (Å²) >= 11 is 0. The molecule has 0 radical (unpaired) electrons. The number of amides is 3. The summed E-state index contributed by atoms with van der Waals surface area (Å²) in [5, 5.41) is 8.18. The van der Waals surface area contributed by atoms with Crippen molar-refractivity contribution >= 4 is 29.4 Å². The number of hydrogen-bond donors (Lipinski definition) is 3. The van der Waals surface area contributed by atoms with Gasteiger partial charge in [-0.3, -0.25) is 9.59 Å². The molecule has 8 nitrogen and oxygen atoms in total. The summed E-state index contributed by atoms with van der Waals surface area (Å²) in [6.07, 6.45) is 2.68. The Morgan fingerprint density at radius 1 is 1.00 bits per heavy atom. The molecule has 0 saturated carbocycles. The number of para-hydroxylation sites is 1. The van der Waals surface area contributed by atoms with E-state index in [-0.39, 0.29) is 18.2 Å². The Kier molecular flexibility index (Phi) is 8.54. The number of pyridine rings is 1. The van der Waals surface area contributed by atoms with Crippen LogP contribution < -0.4 is 16.0 Å². The SMILES string of the molecule is Cc1ccc(NC(=O)c2ccccc2NC(=O)CCCCNC(=O)OC(C)(C)C)nc1. The highest BCUT2D eigenvalue weighted by Crippen LogP contribution is 2.17. The number of unbranched alkanes of at least 4 members (excludes halogenated alkanes) is 1. The minimum absolute atomic E-state index is 0.203. The average molecular weight is 427 g/mol. The summed E-state index contributed by atoms with van der Waals surface area (Å²) in [5.74, 6) is -0.117. The molecule has 2 aromatic rings. The molecule has 1 aromatic heterocycles. The van der Waals surface area contributed by atoms with E-state index in [0.29, 0.717) is 36.5 Å². The molecule has 1 heterocycles. The van der Waals surface area contributed by atoms with Crippen molar-refractivity contribution < 1.29 is 19.1 Å². The van der Waals surface area contributed by atoms with Crippen molar-refractivity contribution in [3.8, 4) is 0 Å². The van der Waals surface area contributed by atoms with E-state index in [9.17, 15) is 14.4 Å². The van der Waals surface area contributed by atoms with E-state index in [1.54, 1.807) is 57.3 Å². The molecule has 0 spiro atoms. The van der Waals surface area contributed by atoms with Crippen LogP contribution in [0, 0.1) is 6.92 Å². The van der Waals surface area contributed by atoms with Crippen molar-refractivity contribution in [2.24, 2.45) is 0 Å². The fraction of sp³-hybridized carbons (Fsp3) is 0.391. The highest BCUT2D eigenvalue weighted by Gasteiger charge is 2.16. The Labute approximate surface area is 182 Å². The number of aromatic nitrogens is 1.